The molecule has 3 aromatic carbocycles. The van der Waals surface area contributed by atoms with Crippen LogP contribution in [0.4, 0.5) is 14.9 Å². The average Bonchev–Trinajstić information content (AvgIpc) is 3.47. The molecule has 7 nitrogen and oxygen atoms in total. The minimum absolute atomic E-state index is 0.0254. The van der Waals surface area contributed by atoms with Crippen LogP contribution in [0, 0.1) is 11.7 Å². The minimum atomic E-state index is -0.980. The number of ether oxygens (including phenoxy) is 1. The van der Waals surface area contributed by atoms with Crippen molar-refractivity contribution in [3.63, 3.8) is 0 Å². The molecule has 2 amide bonds. The van der Waals surface area contributed by atoms with Gasteiger partial charge in [0.15, 0.2) is 0 Å². The SMILES string of the molecule is O=C(Nc1ccc(F)c(C(=O)N2CCC(C(=O)O)C2)c1)OCC1c2ccccc2-c2ccccc21. The first-order valence-electron chi connectivity index (χ1n) is 11.4. The fraction of sp³-hybridized carbons (Fsp3) is 0.222. The third-order valence-corrected chi connectivity index (χ3v) is 6.61. The van der Waals surface area contributed by atoms with Crippen molar-refractivity contribution in [1.29, 1.82) is 0 Å². The lowest BCUT2D eigenvalue weighted by Gasteiger charge is -2.17. The molecule has 5 rings (SSSR count). The number of carbonyl (C=O) groups excluding carboxylic acids is 2. The van der Waals surface area contributed by atoms with Crippen LogP contribution in [0.3, 0.4) is 0 Å². The Morgan fingerprint density at radius 2 is 1.66 bits per heavy atom. The van der Waals surface area contributed by atoms with Crippen molar-refractivity contribution >= 4 is 23.7 Å². The number of nitrogens with zero attached hydrogens (tertiary/aromatic N) is 1. The van der Waals surface area contributed by atoms with E-state index in [1.165, 1.54) is 17.0 Å². The van der Waals surface area contributed by atoms with Crippen molar-refractivity contribution in [2.24, 2.45) is 5.92 Å². The Bertz CT molecular complexity index is 1280. The highest BCUT2D eigenvalue weighted by molar-refractivity contribution is 5.97. The molecule has 3 aromatic rings. The average molecular weight is 474 g/mol. The third-order valence-electron chi connectivity index (χ3n) is 6.61. The quantitative estimate of drug-likeness (QED) is 0.557. The van der Waals surface area contributed by atoms with Crippen molar-refractivity contribution in [3.8, 4) is 11.1 Å². The van der Waals surface area contributed by atoms with Crippen LogP contribution in [-0.2, 0) is 9.53 Å². The van der Waals surface area contributed by atoms with Crippen LogP contribution < -0.4 is 5.32 Å². The molecule has 0 aromatic heterocycles. The van der Waals surface area contributed by atoms with E-state index >= 15 is 0 Å². The van der Waals surface area contributed by atoms with Gasteiger partial charge in [0.05, 0.1) is 11.5 Å². The Hall–Kier alpha value is -4.20. The van der Waals surface area contributed by atoms with Crippen LogP contribution in [0.5, 0.6) is 0 Å². The van der Waals surface area contributed by atoms with Gasteiger partial charge in [-0.25, -0.2) is 9.18 Å². The number of carbonyl (C=O) groups is 3. The molecule has 1 aliphatic carbocycles. The molecule has 1 aliphatic heterocycles. The summed E-state index contributed by atoms with van der Waals surface area (Å²) in [7, 11) is 0. The lowest BCUT2D eigenvalue weighted by atomic mass is 9.98. The van der Waals surface area contributed by atoms with Gasteiger partial charge < -0.3 is 14.7 Å². The first kappa shape index (κ1) is 22.6. The number of amides is 2. The molecule has 0 radical (unpaired) electrons. The minimum Gasteiger partial charge on any atom is -0.481 e. The predicted molar refractivity (Wildman–Crippen MR) is 127 cm³/mol. The van der Waals surface area contributed by atoms with E-state index in [-0.39, 0.29) is 36.9 Å². The van der Waals surface area contributed by atoms with Crippen LogP contribution in [0.1, 0.15) is 33.8 Å². The van der Waals surface area contributed by atoms with Gasteiger partial charge in [-0.1, -0.05) is 48.5 Å². The number of carboxylic acid groups (broad SMARTS) is 1. The molecule has 178 valence electrons. The number of likely N-dealkylation sites (tertiary alicyclic amines) is 1. The Morgan fingerprint density at radius 1 is 1.00 bits per heavy atom. The molecule has 0 saturated carbocycles. The molecule has 1 unspecified atom stereocenters. The number of nitrogens with one attached hydrogen (secondary N) is 1. The fourth-order valence-electron chi connectivity index (χ4n) is 4.84. The number of hydrogen-bond acceptors (Lipinski definition) is 4. The Morgan fingerprint density at radius 3 is 2.29 bits per heavy atom. The lowest BCUT2D eigenvalue weighted by Crippen LogP contribution is -2.30. The van der Waals surface area contributed by atoms with Crippen LogP contribution in [-0.4, -0.2) is 47.7 Å². The highest BCUT2D eigenvalue weighted by Crippen LogP contribution is 2.44. The van der Waals surface area contributed by atoms with Crippen molar-refractivity contribution in [3.05, 3.63) is 89.2 Å². The molecule has 1 heterocycles. The van der Waals surface area contributed by atoms with E-state index in [0.29, 0.717) is 6.42 Å². The monoisotopic (exact) mass is 474 g/mol. The van der Waals surface area contributed by atoms with E-state index in [1.807, 2.05) is 48.5 Å². The molecular weight excluding hydrogens is 451 g/mol. The normalized spacial score (nSPS) is 16.5. The topological polar surface area (TPSA) is 95.9 Å². The molecule has 1 atom stereocenters. The second kappa shape index (κ2) is 9.21. The number of aliphatic carboxylic acids is 1. The van der Waals surface area contributed by atoms with Crippen LogP contribution in [0.15, 0.2) is 66.7 Å². The summed E-state index contributed by atoms with van der Waals surface area (Å²) >= 11 is 0. The first-order chi connectivity index (χ1) is 16.9. The second-order valence-corrected chi connectivity index (χ2v) is 8.72. The van der Waals surface area contributed by atoms with E-state index in [0.717, 1.165) is 28.3 Å². The summed E-state index contributed by atoms with van der Waals surface area (Å²) in [6.07, 6.45) is -0.399. The Labute approximate surface area is 201 Å². The summed E-state index contributed by atoms with van der Waals surface area (Å²) in [5.41, 5.74) is 4.38. The fourth-order valence-corrected chi connectivity index (χ4v) is 4.84. The number of fused-ring (bicyclic) bond motifs is 3. The van der Waals surface area contributed by atoms with E-state index in [1.54, 1.807) is 0 Å². The summed E-state index contributed by atoms with van der Waals surface area (Å²) in [6.45, 7) is 0.383. The Balaban J connectivity index is 1.26. The molecule has 35 heavy (non-hydrogen) atoms. The zero-order valence-electron chi connectivity index (χ0n) is 18.7. The maximum Gasteiger partial charge on any atom is 0.411 e. The molecule has 0 bridgehead atoms. The number of carboxylic acids is 1. The zero-order chi connectivity index (χ0) is 24.5. The summed E-state index contributed by atoms with van der Waals surface area (Å²) in [4.78, 5) is 37.8. The van der Waals surface area contributed by atoms with Crippen molar-refractivity contribution < 1.29 is 28.6 Å². The zero-order valence-corrected chi connectivity index (χ0v) is 18.7. The molecule has 2 aliphatic rings. The largest absolute Gasteiger partial charge is 0.481 e. The van der Waals surface area contributed by atoms with E-state index in [9.17, 15) is 18.8 Å². The van der Waals surface area contributed by atoms with Crippen LogP contribution >= 0.6 is 0 Å². The lowest BCUT2D eigenvalue weighted by molar-refractivity contribution is -0.141. The number of rotatable bonds is 5. The van der Waals surface area contributed by atoms with Gasteiger partial charge in [0, 0.05) is 24.7 Å². The van der Waals surface area contributed by atoms with Crippen molar-refractivity contribution in [2.45, 2.75) is 12.3 Å². The summed E-state index contributed by atoms with van der Waals surface area (Å²) in [6, 6.07) is 19.7. The highest BCUT2D eigenvalue weighted by atomic mass is 19.1. The molecular formula is C27H23FN2O5. The molecule has 2 N–H and O–H groups in total. The van der Waals surface area contributed by atoms with Gasteiger partial charge in [-0.3, -0.25) is 14.9 Å². The Kier molecular flexibility index (Phi) is 5.94. The molecule has 0 spiro atoms. The number of benzene rings is 3. The third kappa shape index (κ3) is 4.35. The number of halogens is 1. The second-order valence-electron chi connectivity index (χ2n) is 8.72. The van der Waals surface area contributed by atoms with Gasteiger partial charge in [0.1, 0.15) is 12.4 Å². The van der Waals surface area contributed by atoms with Gasteiger partial charge >= 0.3 is 12.1 Å². The number of hydrogen-bond donors (Lipinski definition) is 2. The summed E-state index contributed by atoms with van der Waals surface area (Å²) < 4.78 is 19.9. The van der Waals surface area contributed by atoms with Gasteiger partial charge in [-0.15, -0.1) is 0 Å². The van der Waals surface area contributed by atoms with Gasteiger partial charge in [-0.2, -0.15) is 0 Å². The predicted octanol–water partition coefficient (Wildman–Crippen LogP) is 4.73. The maximum atomic E-state index is 14.4. The first-order valence-corrected chi connectivity index (χ1v) is 11.4. The van der Waals surface area contributed by atoms with E-state index in [4.69, 9.17) is 9.84 Å². The van der Waals surface area contributed by atoms with Gasteiger partial charge in [0.25, 0.3) is 5.91 Å². The smallest absolute Gasteiger partial charge is 0.411 e. The molecule has 1 saturated heterocycles. The van der Waals surface area contributed by atoms with Gasteiger partial charge in [-0.05, 0) is 46.9 Å². The maximum absolute atomic E-state index is 14.4. The summed E-state index contributed by atoms with van der Waals surface area (Å²) in [5.74, 6) is -3.10. The van der Waals surface area contributed by atoms with E-state index < -0.39 is 29.7 Å². The van der Waals surface area contributed by atoms with E-state index in [2.05, 4.69) is 5.32 Å². The van der Waals surface area contributed by atoms with Crippen molar-refractivity contribution in [2.75, 3.05) is 25.0 Å². The molecule has 8 heteroatoms. The standard InChI is InChI=1S/C27H23FN2O5/c28-24-10-9-17(13-22(24)25(31)30-12-11-16(14-30)26(32)33)29-27(34)35-15-23-20-7-3-1-5-18(20)19-6-2-4-8-21(19)23/h1-10,13,16,23H,11-12,14-15H2,(H,29,34)(H,32,33). The highest BCUT2D eigenvalue weighted by Gasteiger charge is 2.32. The summed E-state index contributed by atoms with van der Waals surface area (Å²) in [5, 5.41) is 11.7. The molecule has 1 fully saturated rings. The van der Waals surface area contributed by atoms with Crippen LogP contribution in [0.25, 0.3) is 11.1 Å². The number of anilines is 1. The van der Waals surface area contributed by atoms with Crippen molar-refractivity contribution in [1.82, 2.24) is 4.90 Å². The van der Waals surface area contributed by atoms with Crippen LogP contribution in [0.2, 0.25) is 0 Å². The van der Waals surface area contributed by atoms with Gasteiger partial charge in [0.2, 0.25) is 0 Å².